The Morgan fingerprint density at radius 1 is 1.07 bits per heavy atom. The highest BCUT2D eigenvalue weighted by Gasteiger charge is 2.24. The number of halogens is 1. The second kappa shape index (κ2) is 7.32. The Morgan fingerprint density at radius 3 is 2.63 bits per heavy atom. The number of aryl methyl sites for hydroxylation is 1. The van der Waals surface area contributed by atoms with Gasteiger partial charge in [0, 0.05) is 23.5 Å². The maximum Gasteiger partial charge on any atom is 0.268 e. The number of nitrogens with one attached hydrogen (secondary N) is 1. The molecular formula is C21H17FN2O2S. The Balaban J connectivity index is 1.60. The predicted molar refractivity (Wildman–Crippen MR) is 105 cm³/mol. The molecule has 0 unspecified atom stereocenters. The number of carbonyl (C=O) groups excluding carboxylic acids is 2. The van der Waals surface area contributed by atoms with E-state index in [0.717, 1.165) is 24.1 Å². The molecule has 0 atom stereocenters. The Morgan fingerprint density at radius 2 is 1.89 bits per heavy atom. The minimum atomic E-state index is -0.386. The van der Waals surface area contributed by atoms with Crippen LogP contribution in [-0.2, 0) is 6.42 Å². The zero-order valence-corrected chi connectivity index (χ0v) is 15.3. The maximum atomic E-state index is 13.0. The number of nitrogens with zero attached hydrogens (tertiary/aromatic N) is 1. The number of hydrogen-bond acceptors (Lipinski definition) is 3. The van der Waals surface area contributed by atoms with Crippen LogP contribution in [0.25, 0.3) is 0 Å². The molecule has 27 heavy (non-hydrogen) atoms. The molecule has 1 aliphatic heterocycles. The normalized spacial score (nSPS) is 13.1. The molecule has 6 heteroatoms. The summed E-state index contributed by atoms with van der Waals surface area (Å²) in [5, 5.41) is 4.71. The molecule has 4 nitrogen and oxygen atoms in total. The SMILES string of the molecule is O=C(Nc1ccc2c(c1)N(C(=O)c1cccs1)CCC2)c1ccc(F)cc1. The summed E-state index contributed by atoms with van der Waals surface area (Å²) < 4.78 is 13.0. The fraction of sp³-hybridized carbons (Fsp3) is 0.143. The number of thiophene rings is 1. The fourth-order valence-corrected chi connectivity index (χ4v) is 3.87. The predicted octanol–water partition coefficient (Wildman–Crippen LogP) is 4.73. The molecule has 1 N–H and O–H groups in total. The number of anilines is 2. The first-order chi connectivity index (χ1) is 13.1. The zero-order chi connectivity index (χ0) is 18.8. The second-order valence-electron chi connectivity index (χ2n) is 6.34. The molecule has 0 radical (unpaired) electrons. The average molecular weight is 380 g/mol. The van der Waals surface area contributed by atoms with Crippen LogP contribution in [0, 0.1) is 5.82 Å². The lowest BCUT2D eigenvalue weighted by atomic mass is 10.0. The van der Waals surface area contributed by atoms with Crippen LogP contribution < -0.4 is 10.2 Å². The van der Waals surface area contributed by atoms with Gasteiger partial charge in [-0.1, -0.05) is 12.1 Å². The molecule has 1 aromatic heterocycles. The quantitative estimate of drug-likeness (QED) is 0.714. The molecule has 2 heterocycles. The summed E-state index contributed by atoms with van der Waals surface area (Å²) in [4.78, 5) is 27.7. The Hall–Kier alpha value is -2.99. The third-order valence-electron chi connectivity index (χ3n) is 4.55. The molecule has 3 aromatic rings. The third-order valence-corrected chi connectivity index (χ3v) is 5.40. The molecule has 4 rings (SSSR count). The summed E-state index contributed by atoms with van der Waals surface area (Å²) in [6.45, 7) is 0.652. The van der Waals surface area contributed by atoms with Crippen LogP contribution in [0.5, 0.6) is 0 Å². The van der Waals surface area contributed by atoms with E-state index < -0.39 is 0 Å². The number of hydrogen-bond donors (Lipinski definition) is 1. The van der Waals surface area contributed by atoms with E-state index in [-0.39, 0.29) is 17.6 Å². The van der Waals surface area contributed by atoms with Crippen LogP contribution in [-0.4, -0.2) is 18.4 Å². The molecule has 0 saturated carbocycles. The molecule has 0 saturated heterocycles. The van der Waals surface area contributed by atoms with Gasteiger partial charge < -0.3 is 10.2 Å². The first kappa shape index (κ1) is 17.4. The van der Waals surface area contributed by atoms with E-state index in [1.54, 1.807) is 4.90 Å². The highest BCUT2D eigenvalue weighted by Crippen LogP contribution is 2.32. The second-order valence-corrected chi connectivity index (χ2v) is 7.29. The van der Waals surface area contributed by atoms with Gasteiger partial charge in [0.2, 0.25) is 0 Å². The summed E-state index contributed by atoms with van der Waals surface area (Å²) in [6.07, 6.45) is 1.81. The highest BCUT2D eigenvalue weighted by atomic mass is 32.1. The van der Waals surface area contributed by atoms with Crippen molar-refractivity contribution in [3.05, 3.63) is 81.8 Å². The van der Waals surface area contributed by atoms with Crippen molar-refractivity contribution in [2.24, 2.45) is 0 Å². The van der Waals surface area contributed by atoms with E-state index in [0.29, 0.717) is 22.7 Å². The minimum absolute atomic E-state index is 0.0204. The molecule has 1 aliphatic rings. The summed E-state index contributed by atoms with van der Waals surface area (Å²) >= 11 is 1.42. The van der Waals surface area contributed by atoms with Gasteiger partial charge in [-0.25, -0.2) is 4.39 Å². The van der Waals surface area contributed by atoms with Crippen LogP contribution in [0.4, 0.5) is 15.8 Å². The number of carbonyl (C=O) groups is 2. The molecule has 0 fully saturated rings. The lowest BCUT2D eigenvalue weighted by Crippen LogP contribution is -2.35. The van der Waals surface area contributed by atoms with Crippen molar-refractivity contribution in [3.63, 3.8) is 0 Å². The lowest BCUT2D eigenvalue weighted by Gasteiger charge is -2.29. The maximum absolute atomic E-state index is 13.0. The standard InChI is InChI=1S/C21H17FN2O2S/c22-16-8-5-15(6-9-16)20(25)23-17-10-7-14-3-1-11-24(18(14)13-17)21(26)19-4-2-12-27-19/h2,4-10,12-13H,1,3,11H2,(H,23,25). The van der Waals surface area contributed by atoms with E-state index >= 15 is 0 Å². The largest absolute Gasteiger partial charge is 0.322 e. The first-order valence-corrected chi connectivity index (χ1v) is 9.55. The monoisotopic (exact) mass is 380 g/mol. The van der Waals surface area contributed by atoms with Crippen LogP contribution in [0.15, 0.2) is 60.0 Å². The van der Waals surface area contributed by atoms with Gasteiger partial charge in [0.15, 0.2) is 0 Å². The molecule has 0 spiro atoms. The molecule has 0 bridgehead atoms. The van der Waals surface area contributed by atoms with Gasteiger partial charge in [-0.2, -0.15) is 0 Å². The molecule has 2 aromatic carbocycles. The van der Waals surface area contributed by atoms with Gasteiger partial charge in [-0.15, -0.1) is 11.3 Å². The van der Waals surface area contributed by atoms with Crippen molar-refractivity contribution < 1.29 is 14.0 Å². The molecule has 0 aliphatic carbocycles. The van der Waals surface area contributed by atoms with Gasteiger partial charge in [-0.05, 0) is 66.2 Å². The Kier molecular flexibility index (Phi) is 4.73. The number of benzene rings is 2. The van der Waals surface area contributed by atoms with Crippen LogP contribution in [0.3, 0.4) is 0 Å². The number of amides is 2. The van der Waals surface area contributed by atoms with Crippen molar-refractivity contribution in [2.45, 2.75) is 12.8 Å². The first-order valence-electron chi connectivity index (χ1n) is 8.67. The lowest BCUT2D eigenvalue weighted by molar-refractivity contribution is 0.0987. The van der Waals surface area contributed by atoms with E-state index in [9.17, 15) is 14.0 Å². The summed E-state index contributed by atoms with van der Waals surface area (Å²) in [6, 6.07) is 14.7. The molecular weight excluding hydrogens is 363 g/mol. The Bertz CT molecular complexity index is 984. The van der Waals surface area contributed by atoms with E-state index in [2.05, 4.69) is 5.32 Å². The molecule has 136 valence electrons. The summed E-state index contributed by atoms with van der Waals surface area (Å²) in [5.41, 5.74) is 2.90. The van der Waals surface area contributed by atoms with Gasteiger partial charge in [-0.3, -0.25) is 9.59 Å². The van der Waals surface area contributed by atoms with Gasteiger partial charge in [0.1, 0.15) is 5.82 Å². The van der Waals surface area contributed by atoms with Crippen molar-refractivity contribution in [3.8, 4) is 0 Å². The third kappa shape index (κ3) is 3.61. The van der Waals surface area contributed by atoms with Gasteiger partial charge in [0.05, 0.1) is 4.88 Å². The van der Waals surface area contributed by atoms with Gasteiger partial charge in [0.25, 0.3) is 11.8 Å². The topological polar surface area (TPSA) is 49.4 Å². The highest BCUT2D eigenvalue weighted by molar-refractivity contribution is 7.12. The van der Waals surface area contributed by atoms with Crippen LogP contribution in [0.2, 0.25) is 0 Å². The van der Waals surface area contributed by atoms with Crippen LogP contribution >= 0.6 is 11.3 Å². The van der Waals surface area contributed by atoms with Crippen molar-refractivity contribution in [1.29, 1.82) is 0 Å². The number of rotatable bonds is 3. The van der Waals surface area contributed by atoms with E-state index in [4.69, 9.17) is 0 Å². The van der Waals surface area contributed by atoms with E-state index in [1.165, 1.54) is 35.6 Å². The minimum Gasteiger partial charge on any atom is -0.322 e. The van der Waals surface area contributed by atoms with Gasteiger partial charge >= 0.3 is 0 Å². The van der Waals surface area contributed by atoms with Crippen molar-refractivity contribution in [1.82, 2.24) is 0 Å². The number of fused-ring (bicyclic) bond motifs is 1. The Labute approximate surface area is 160 Å². The van der Waals surface area contributed by atoms with Crippen LogP contribution in [0.1, 0.15) is 32.0 Å². The average Bonchev–Trinajstić information content (AvgIpc) is 3.22. The smallest absolute Gasteiger partial charge is 0.268 e. The fourth-order valence-electron chi connectivity index (χ4n) is 3.20. The summed E-state index contributed by atoms with van der Waals surface area (Å²) in [7, 11) is 0. The van der Waals surface area contributed by atoms with E-state index in [1.807, 2.05) is 35.7 Å². The zero-order valence-electron chi connectivity index (χ0n) is 14.4. The molecule has 2 amide bonds. The summed E-state index contributed by atoms with van der Waals surface area (Å²) in [5.74, 6) is -0.724. The van der Waals surface area contributed by atoms with Crippen molar-refractivity contribution >= 4 is 34.5 Å². The van der Waals surface area contributed by atoms with Crippen molar-refractivity contribution in [2.75, 3.05) is 16.8 Å².